The second-order valence-corrected chi connectivity index (χ2v) is 8.90. The molecule has 1 amide bonds. The van der Waals surface area contributed by atoms with Crippen LogP contribution in [-0.4, -0.2) is 45.4 Å². The molecule has 0 unspecified atom stereocenters. The Morgan fingerprint density at radius 1 is 1.24 bits per heavy atom. The number of halogens is 1. The average molecular weight is 441 g/mol. The number of carbonyl (C=O) groups excluding carboxylic acids is 1. The lowest BCUT2D eigenvalue weighted by molar-refractivity contribution is 0.0947. The highest BCUT2D eigenvalue weighted by Gasteiger charge is 2.21. The number of nitrogens with two attached hydrogens (primary N) is 1. The van der Waals surface area contributed by atoms with Crippen molar-refractivity contribution in [3.8, 4) is 0 Å². The summed E-state index contributed by atoms with van der Waals surface area (Å²) in [7, 11) is -4.07. The number of nitrogens with zero attached hydrogens (tertiary/aromatic N) is 1. The van der Waals surface area contributed by atoms with Crippen LogP contribution in [0.1, 0.15) is 35.4 Å². The number of piperidine rings is 1. The Balaban J connectivity index is 1.75. The van der Waals surface area contributed by atoms with E-state index in [9.17, 15) is 13.2 Å². The van der Waals surface area contributed by atoms with Crippen LogP contribution in [0, 0.1) is 0 Å². The molecule has 0 bridgehead atoms. The van der Waals surface area contributed by atoms with Crippen LogP contribution in [0.4, 0.5) is 5.69 Å². The van der Waals surface area contributed by atoms with Crippen LogP contribution in [0.5, 0.6) is 0 Å². The number of hydrogen-bond donors (Lipinski definition) is 3. The third-order valence-electron chi connectivity index (χ3n) is 4.82. The van der Waals surface area contributed by atoms with Crippen molar-refractivity contribution in [2.45, 2.75) is 30.7 Å². The molecule has 0 saturated carbocycles. The SMILES string of the molecule is NS(=O)(=O)c1cc(C(=O)NCCN2CCCCC2)c(NCc2ccco2)cc1Cl. The molecular weight excluding hydrogens is 416 g/mol. The number of carbonyl (C=O) groups is 1. The normalized spacial score (nSPS) is 15.2. The first-order valence-electron chi connectivity index (χ1n) is 9.48. The number of rotatable bonds is 8. The molecule has 10 heteroatoms. The third-order valence-corrected chi connectivity index (χ3v) is 6.19. The monoisotopic (exact) mass is 440 g/mol. The summed E-state index contributed by atoms with van der Waals surface area (Å²) in [6.07, 6.45) is 5.13. The molecule has 4 N–H and O–H groups in total. The number of benzene rings is 1. The van der Waals surface area contributed by atoms with Gasteiger partial charge in [-0.25, -0.2) is 13.6 Å². The number of amides is 1. The lowest BCUT2D eigenvalue weighted by Crippen LogP contribution is -2.37. The van der Waals surface area contributed by atoms with Gasteiger partial charge < -0.3 is 20.0 Å². The first-order valence-corrected chi connectivity index (χ1v) is 11.4. The van der Waals surface area contributed by atoms with Crippen LogP contribution in [-0.2, 0) is 16.6 Å². The highest BCUT2D eigenvalue weighted by atomic mass is 35.5. The van der Waals surface area contributed by atoms with Crippen LogP contribution in [0.3, 0.4) is 0 Å². The van der Waals surface area contributed by atoms with Crippen molar-refractivity contribution in [1.82, 2.24) is 10.2 Å². The van der Waals surface area contributed by atoms with E-state index >= 15 is 0 Å². The Morgan fingerprint density at radius 3 is 2.66 bits per heavy atom. The van der Waals surface area contributed by atoms with Crippen molar-refractivity contribution in [2.75, 3.05) is 31.5 Å². The summed E-state index contributed by atoms with van der Waals surface area (Å²) < 4.78 is 28.9. The Hall–Kier alpha value is -2.07. The summed E-state index contributed by atoms with van der Waals surface area (Å²) >= 11 is 6.10. The zero-order chi connectivity index (χ0) is 20.9. The molecule has 0 radical (unpaired) electrons. The van der Waals surface area contributed by atoms with Crippen molar-refractivity contribution in [1.29, 1.82) is 0 Å². The Bertz CT molecular complexity index is 941. The van der Waals surface area contributed by atoms with Gasteiger partial charge in [0.05, 0.1) is 23.4 Å². The van der Waals surface area contributed by atoms with Gasteiger partial charge in [0.25, 0.3) is 5.91 Å². The summed E-state index contributed by atoms with van der Waals surface area (Å²) in [6, 6.07) is 6.14. The highest BCUT2D eigenvalue weighted by Crippen LogP contribution is 2.28. The molecular formula is C19H25ClN4O4S. The maximum absolute atomic E-state index is 12.8. The maximum Gasteiger partial charge on any atom is 0.253 e. The molecule has 8 nitrogen and oxygen atoms in total. The molecule has 1 aliphatic rings. The number of furan rings is 1. The van der Waals surface area contributed by atoms with E-state index < -0.39 is 15.9 Å². The van der Waals surface area contributed by atoms with Gasteiger partial charge in [-0.3, -0.25) is 4.79 Å². The average Bonchev–Trinajstić information content (AvgIpc) is 3.19. The smallest absolute Gasteiger partial charge is 0.253 e. The number of primary sulfonamides is 1. The maximum atomic E-state index is 12.8. The number of sulfonamides is 1. The molecule has 1 aliphatic heterocycles. The van der Waals surface area contributed by atoms with Gasteiger partial charge in [-0.05, 0) is 50.2 Å². The lowest BCUT2D eigenvalue weighted by Gasteiger charge is -2.26. The zero-order valence-electron chi connectivity index (χ0n) is 16.0. The molecule has 0 atom stereocenters. The van der Waals surface area contributed by atoms with E-state index in [0.29, 0.717) is 24.5 Å². The fourth-order valence-corrected chi connectivity index (χ4v) is 4.41. The molecule has 1 aromatic heterocycles. The first-order chi connectivity index (χ1) is 13.8. The number of nitrogens with one attached hydrogen (secondary N) is 2. The highest BCUT2D eigenvalue weighted by molar-refractivity contribution is 7.89. The van der Waals surface area contributed by atoms with Crippen LogP contribution in [0.25, 0.3) is 0 Å². The van der Waals surface area contributed by atoms with E-state index in [-0.39, 0.29) is 15.5 Å². The van der Waals surface area contributed by atoms with Crippen LogP contribution < -0.4 is 15.8 Å². The van der Waals surface area contributed by atoms with Crippen LogP contribution in [0.2, 0.25) is 5.02 Å². The molecule has 29 heavy (non-hydrogen) atoms. The molecule has 2 heterocycles. The van der Waals surface area contributed by atoms with Gasteiger partial charge in [-0.1, -0.05) is 18.0 Å². The Kier molecular flexibility index (Phi) is 7.18. The van der Waals surface area contributed by atoms with Gasteiger partial charge in [-0.2, -0.15) is 0 Å². The summed E-state index contributed by atoms with van der Waals surface area (Å²) in [5.41, 5.74) is 0.554. The summed E-state index contributed by atoms with van der Waals surface area (Å²) in [5, 5.41) is 11.1. The molecule has 3 rings (SSSR count). The van der Waals surface area contributed by atoms with Crippen molar-refractivity contribution in [3.05, 3.63) is 46.9 Å². The van der Waals surface area contributed by atoms with Gasteiger partial charge >= 0.3 is 0 Å². The predicted octanol–water partition coefficient (Wildman–Crippen LogP) is 2.41. The fraction of sp³-hybridized carbons (Fsp3) is 0.421. The minimum absolute atomic E-state index is 0.0562. The Labute approximate surface area is 175 Å². The third kappa shape index (κ3) is 5.96. The molecule has 1 aromatic carbocycles. The minimum atomic E-state index is -4.07. The van der Waals surface area contributed by atoms with Crippen molar-refractivity contribution < 1.29 is 17.6 Å². The van der Waals surface area contributed by atoms with E-state index in [1.54, 1.807) is 18.4 Å². The van der Waals surface area contributed by atoms with Crippen LogP contribution >= 0.6 is 11.6 Å². The van der Waals surface area contributed by atoms with E-state index in [4.69, 9.17) is 21.2 Å². The minimum Gasteiger partial charge on any atom is -0.467 e. The number of likely N-dealkylation sites (tertiary alicyclic amines) is 1. The standard InChI is InChI=1S/C19H25ClN4O4S/c20-16-12-17(23-13-14-5-4-10-28-14)15(11-18(16)29(21,26)27)19(25)22-6-9-24-7-2-1-3-8-24/h4-5,10-12,23H,1-3,6-9,13H2,(H,22,25)(H2,21,26,27). The topological polar surface area (TPSA) is 118 Å². The summed E-state index contributed by atoms with van der Waals surface area (Å²) in [6.45, 7) is 3.58. The molecule has 1 saturated heterocycles. The van der Waals surface area contributed by atoms with Crippen molar-refractivity contribution >= 4 is 33.2 Å². The predicted molar refractivity (Wildman–Crippen MR) is 111 cm³/mol. The van der Waals surface area contributed by atoms with Gasteiger partial charge in [0.15, 0.2) is 0 Å². The van der Waals surface area contributed by atoms with E-state index in [1.165, 1.54) is 31.4 Å². The van der Waals surface area contributed by atoms with Crippen LogP contribution in [0.15, 0.2) is 39.8 Å². The molecule has 1 fully saturated rings. The van der Waals surface area contributed by atoms with Gasteiger partial charge in [0, 0.05) is 18.8 Å². The quantitative estimate of drug-likeness (QED) is 0.580. The zero-order valence-corrected chi connectivity index (χ0v) is 17.6. The van der Waals surface area contributed by atoms with Gasteiger partial charge in [0.2, 0.25) is 10.0 Å². The molecule has 0 spiro atoms. The van der Waals surface area contributed by atoms with Gasteiger partial charge in [-0.15, -0.1) is 0 Å². The largest absolute Gasteiger partial charge is 0.467 e. The lowest BCUT2D eigenvalue weighted by atomic mass is 10.1. The Morgan fingerprint density at radius 2 is 2.00 bits per heavy atom. The van der Waals surface area contributed by atoms with Crippen molar-refractivity contribution in [2.24, 2.45) is 5.14 Å². The second-order valence-electron chi connectivity index (χ2n) is 6.96. The molecule has 0 aliphatic carbocycles. The number of anilines is 1. The van der Waals surface area contributed by atoms with E-state index in [1.807, 2.05) is 0 Å². The fourth-order valence-electron chi connectivity index (χ4n) is 3.31. The first kappa shape index (κ1) is 21.6. The van der Waals surface area contributed by atoms with E-state index in [2.05, 4.69) is 15.5 Å². The summed E-state index contributed by atoms with van der Waals surface area (Å²) in [4.78, 5) is 14.8. The summed E-state index contributed by atoms with van der Waals surface area (Å²) in [5.74, 6) is 0.263. The molecule has 2 aromatic rings. The van der Waals surface area contributed by atoms with Crippen molar-refractivity contribution in [3.63, 3.8) is 0 Å². The molecule has 158 valence electrons. The number of hydrogen-bond acceptors (Lipinski definition) is 6. The second kappa shape index (κ2) is 9.62. The van der Waals surface area contributed by atoms with E-state index in [0.717, 1.165) is 19.6 Å². The van der Waals surface area contributed by atoms with Gasteiger partial charge in [0.1, 0.15) is 10.7 Å².